The quantitative estimate of drug-likeness (QED) is 0.813. The predicted molar refractivity (Wildman–Crippen MR) is 57.6 cm³/mol. The summed E-state index contributed by atoms with van der Waals surface area (Å²) in [5.74, 6) is 0. The molecule has 0 bridgehead atoms. The van der Waals surface area contributed by atoms with E-state index in [4.69, 9.17) is 5.73 Å². The maximum absolute atomic E-state index is 11.2. The molecule has 4 heteroatoms. The third-order valence-electron chi connectivity index (χ3n) is 1.73. The van der Waals surface area contributed by atoms with Crippen molar-refractivity contribution in [2.45, 2.75) is 4.90 Å². The molecule has 0 saturated carbocycles. The minimum absolute atomic E-state index is 0.330. The second-order valence-electron chi connectivity index (χ2n) is 2.98. The van der Waals surface area contributed by atoms with Gasteiger partial charge in [0.25, 0.3) is 0 Å². The van der Waals surface area contributed by atoms with E-state index in [0.717, 1.165) is 5.56 Å². The summed E-state index contributed by atoms with van der Waals surface area (Å²) >= 11 is 0. The van der Waals surface area contributed by atoms with E-state index in [1.165, 1.54) is 6.26 Å². The van der Waals surface area contributed by atoms with Crippen molar-refractivity contribution in [1.29, 1.82) is 0 Å². The van der Waals surface area contributed by atoms with Crippen molar-refractivity contribution >= 4 is 15.9 Å². The highest BCUT2D eigenvalue weighted by Gasteiger charge is 2.05. The molecule has 2 N–H and O–H groups in total. The lowest BCUT2D eigenvalue weighted by Crippen LogP contribution is -1.97. The van der Waals surface area contributed by atoms with Gasteiger partial charge in [-0.25, -0.2) is 8.42 Å². The summed E-state index contributed by atoms with van der Waals surface area (Å²) in [5.41, 5.74) is 6.14. The monoisotopic (exact) mass is 211 g/mol. The SMILES string of the molecule is CS(=O)(=O)c1cccc(/C=C/CN)c1. The van der Waals surface area contributed by atoms with Crippen molar-refractivity contribution in [1.82, 2.24) is 0 Å². The molecule has 0 atom stereocenters. The van der Waals surface area contributed by atoms with E-state index in [0.29, 0.717) is 11.4 Å². The first-order chi connectivity index (χ1) is 6.54. The summed E-state index contributed by atoms with van der Waals surface area (Å²) < 4.78 is 22.4. The third kappa shape index (κ3) is 2.97. The Labute approximate surface area is 84.2 Å². The Hall–Kier alpha value is -1.13. The van der Waals surface area contributed by atoms with E-state index in [-0.39, 0.29) is 0 Å². The molecule has 0 saturated heterocycles. The number of hydrogen-bond donors (Lipinski definition) is 1. The Bertz CT molecular complexity index is 435. The summed E-state index contributed by atoms with van der Waals surface area (Å²) in [6.45, 7) is 0.448. The fourth-order valence-corrected chi connectivity index (χ4v) is 1.73. The normalized spacial score (nSPS) is 12.1. The van der Waals surface area contributed by atoms with Crippen LogP contribution in [0, 0.1) is 0 Å². The van der Waals surface area contributed by atoms with Gasteiger partial charge in [0.2, 0.25) is 0 Å². The van der Waals surface area contributed by atoms with Gasteiger partial charge in [-0.1, -0.05) is 24.3 Å². The van der Waals surface area contributed by atoms with Crippen molar-refractivity contribution < 1.29 is 8.42 Å². The Morgan fingerprint density at radius 2 is 2.14 bits per heavy atom. The number of hydrogen-bond acceptors (Lipinski definition) is 3. The topological polar surface area (TPSA) is 60.2 Å². The highest BCUT2D eigenvalue weighted by atomic mass is 32.2. The van der Waals surface area contributed by atoms with Gasteiger partial charge < -0.3 is 5.73 Å². The van der Waals surface area contributed by atoms with Gasteiger partial charge in [0.15, 0.2) is 9.84 Å². The molecule has 0 spiro atoms. The minimum Gasteiger partial charge on any atom is -0.327 e. The summed E-state index contributed by atoms with van der Waals surface area (Å²) in [6, 6.07) is 6.75. The molecular formula is C10H13NO2S. The molecule has 0 amide bonds. The summed E-state index contributed by atoms with van der Waals surface area (Å²) in [6.07, 6.45) is 4.77. The van der Waals surface area contributed by atoms with E-state index in [1.807, 2.05) is 6.07 Å². The number of rotatable bonds is 3. The van der Waals surface area contributed by atoms with Crippen LogP contribution in [0.25, 0.3) is 6.08 Å². The summed E-state index contributed by atoms with van der Waals surface area (Å²) in [5, 5.41) is 0. The van der Waals surface area contributed by atoms with Crippen molar-refractivity contribution in [2.75, 3.05) is 12.8 Å². The molecule has 0 aliphatic heterocycles. The lowest BCUT2D eigenvalue weighted by Gasteiger charge is -1.99. The average molecular weight is 211 g/mol. The first kappa shape index (κ1) is 10.9. The smallest absolute Gasteiger partial charge is 0.175 e. The van der Waals surface area contributed by atoms with Crippen molar-refractivity contribution in [2.24, 2.45) is 5.73 Å². The molecule has 1 aromatic carbocycles. The molecule has 0 unspecified atom stereocenters. The second-order valence-corrected chi connectivity index (χ2v) is 5.00. The maximum Gasteiger partial charge on any atom is 0.175 e. The van der Waals surface area contributed by atoms with Crippen molar-refractivity contribution in [3.8, 4) is 0 Å². The zero-order valence-corrected chi connectivity index (χ0v) is 8.79. The molecule has 0 aliphatic carbocycles. The van der Waals surface area contributed by atoms with E-state index in [2.05, 4.69) is 0 Å². The first-order valence-corrected chi connectivity index (χ1v) is 6.10. The van der Waals surface area contributed by atoms with Gasteiger partial charge in [-0.3, -0.25) is 0 Å². The molecule has 0 aromatic heterocycles. The van der Waals surface area contributed by atoms with Gasteiger partial charge in [0, 0.05) is 12.8 Å². The van der Waals surface area contributed by atoms with Crippen LogP contribution in [0.2, 0.25) is 0 Å². The van der Waals surface area contributed by atoms with Crippen LogP contribution in [0.4, 0.5) is 0 Å². The minimum atomic E-state index is -3.12. The molecular weight excluding hydrogens is 198 g/mol. The predicted octanol–water partition coefficient (Wildman–Crippen LogP) is 1.06. The van der Waals surface area contributed by atoms with Gasteiger partial charge in [-0.15, -0.1) is 0 Å². The van der Waals surface area contributed by atoms with Crippen LogP contribution in [-0.4, -0.2) is 21.2 Å². The highest BCUT2D eigenvalue weighted by molar-refractivity contribution is 7.90. The second kappa shape index (κ2) is 4.39. The molecule has 0 heterocycles. The molecule has 0 aliphatic rings. The summed E-state index contributed by atoms with van der Waals surface area (Å²) in [4.78, 5) is 0.330. The molecule has 3 nitrogen and oxygen atoms in total. The molecule has 14 heavy (non-hydrogen) atoms. The van der Waals surface area contributed by atoms with Gasteiger partial charge >= 0.3 is 0 Å². The molecule has 0 fully saturated rings. The van der Waals surface area contributed by atoms with Gasteiger partial charge in [-0.2, -0.15) is 0 Å². The van der Waals surface area contributed by atoms with Crippen LogP contribution >= 0.6 is 0 Å². The standard InChI is InChI=1S/C10H13NO2S/c1-14(12,13)10-6-2-4-9(8-10)5-3-7-11/h2-6,8H,7,11H2,1H3/b5-3+. The van der Waals surface area contributed by atoms with Gasteiger partial charge in [0.1, 0.15) is 0 Å². The van der Waals surface area contributed by atoms with E-state index in [1.54, 1.807) is 30.4 Å². The van der Waals surface area contributed by atoms with Crippen LogP contribution in [0.3, 0.4) is 0 Å². The largest absolute Gasteiger partial charge is 0.327 e. The molecule has 1 aromatic rings. The lowest BCUT2D eigenvalue weighted by atomic mass is 10.2. The fraction of sp³-hybridized carbons (Fsp3) is 0.200. The van der Waals surface area contributed by atoms with Crippen LogP contribution in [-0.2, 0) is 9.84 Å². The van der Waals surface area contributed by atoms with Crippen LogP contribution in [0.5, 0.6) is 0 Å². The van der Waals surface area contributed by atoms with Crippen LogP contribution < -0.4 is 5.73 Å². The molecule has 76 valence electrons. The lowest BCUT2D eigenvalue weighted by molar-refractivity contribution is 0.602. The Morgan fingerprint density at radius 1 is 1.43 bits per heavy atom. The molecule has 1 rings (SSSR count). The number of benzene rings is 1. The maximum atomic E-state index is 11.2. The van der Waals surface area contributed by atoms with Gasteiger partial charge in [0.05, 0.1) is 4.90 Å². The zero-order valence-electron chi connectivity index (χ0n) is 7.97. The molecule has 0 radical (unpaired) electrons. The Morgan fingerprint density at radius 3 is 2.71 bits per heavy atom. The third-order valence-corrected chi connectivity index (χ3v) is 2.84. The average Bonchev–Trinajstić information content (AvgIpc) is 2.14. The first-order valence-electron chi connectivity index (χ1n) is 4.21. The van der Waals surface area contributed by atoms with E-state index < -0.39 is 9.84 Å². The Kier molecular flexibility index (Phi) is 3.43. The van der Waals surface area contributed by atoms with Crippen molar-refractivity contribution in [3.63, 3.8) is 0 Å². The van der Waals surface area contributed by atoms with E-state index >= 15 is 0 Å². The highest BCUT2D eigenvalue weighted by Crippen LogP contribution is 2.12. The van der Waals surface area contributed by atoms with Crippen molar-refractivity contribution in [3.05, 3.63) is 35.9 Å². The van der Waals surface area contributed by atoms with Crippen LogP contribution in [0.15, 0.2) is 35.2 Å². The fourth-order valence-electron chi connectivity index (χ4n) is 1.05. The van der Waals surface area contributed by atoms with E-state index in [9.17, 15) is 8.42 Å². The Balaban J connectivity index is 3.08. The van der Waals surface area contributed by atoms with Crippen LogP contribution in [0.1, 0.15) is 5.56 Å². The number of sulfone groups is 1. The number of nitrogens with two attached hydrogens (primary N) is 1. The van der Waals surface area contributed by atoms with Gasteiger partial charge in [-0.05, 0) is 17.7 Å². The zero-order chi connectivity index (χ0) is 10.6. The summed E-state index contributed by atoms with van der Waals surface area (Å²) in [7, 11) is -3.12.